The minimum atomic E-state index is -0.554. The molecule has 1 N–H and O–H groups in total. The third-order valence-corrected chi connectivity index (χ3v) is 2.75. The van der Waals surface area contributed by atoms with Crippen LogP contribution in [0.1, 0.15) is 34.1 Å². The van der Waals surface area contributed by atoms with E-state index in [0.717, 1.165) is 26.1 Å². The third kappa shape index (κ3) is 3.95. The molecular weight excluding hydrogens is 178 g/mol. The molecule has 1 saturated heterocycles. The maximum atomic E-state index is 9.64. The lowest BCUT2D eigenvalue weighted by Crippen LogP contribution is -2.48. The number of hydrogen-bond acceptors (Lipinski definition) is 3. The topological polar surface area (TPSA) is 32.7 Å². The van der Waals surface area contributed by atoms with Crippen molar-refractivity contribution in [1.29, 1.82) is 0 Å². The summed E-state index contributed by atoms with van der Waals surface area (Å²) >= 11 is 0. The number of rotatable bonds is 3. The van der Waals surface area contributed by atoms with E-state index in [0.29, 0.717) is 12.1 Å². The number of morpholine rings is 1. The molecule has 0 aliphatic carbocycles. The van der Waals surface area contributed by atoms with E-state index >= 15 is 0 Å². The first kappa shape index (κ1) is 12.0. The molecular formula is C11H23NO2. The molecule has 1 rings (SSSR count). The Balaban J connectivity index is 2.35. The van der Waals surface area contributed by atoms with Gasteiger partial charge in [-0.25, -0.2) is 0 Å². The van der Waals surface area contributed by atoms with E-state index in [2.05, 4.69) is 18.7 Å². The van der Waals surface area contributed by atoms with E-state index in [1.165, 1.54) is 0 Å². The molecule has 1 fully saturated rings. The molecule has 0 aromatic heterocycles. The SMILES string of the molecule is CC1CN(CCC(C)(C)O)C(C)CO1. The summed E-state index contributed by atoms with van der Waals surface area (Å²) < 4.78 is 5.55. The highest BCUT2D eigenvalue weighted by Crippen LogP contribution is 2.15. The van der Waals surface area contributed by atoms with Gasteiger partial charge in [0.15, 0.2) is 0 Å². The van der Waals surface area contributed by atoms with E-state index in [-0.39, 0.29) is 0 Å². The molecule has 0 aromatic rings. The van der Waals surface area contributed by atoms with Crippen LogP contribution in [0.25, 0.3) is 0 Å². The van der Waals surface area contributed by atoms with Crippen molar-refractivity contribution in [2.24, 2.45) is 0 Å². The fourth-order valence-electron chi connectivity index (χ4n) is 1.70. The van der Waals surface area contributed by atoms with E-state index in [9.17, 15) is 5.11 Å². The van der Waals surface area contributed by atoms with Crippen LogP contribution in [0.3, 0.4) is 0 Å². The van der Waals surface area contributed by atoms with Gasteiger partial charge < -0.3 is 9.84 Å². The van der Waals surface area contributed by atoms with Crippen LogP contribution >= 0.6 is 0 Å². The molecule has 0 aromatic carbocycles. The van der Waals surface area contributed by atoms with Gasteiger partial charge in [-0.05, 0) is 34.1 Å². The standard InChI is InChI=1S/C11H23NO2/c1-9-8-14-10(2)7-12(9)6-5-11(3,4)13/h9-10,13H,5-8H2,1-4H3. The first-order valence-corrected chi connectivity index (χ1v) is 5.46. The molecule has 84 valence electrons. The number of ether oxygens (including phenoxy) is 1. The number of aliphatic hydroxyl groups is 1. The predicted molar refractivity (Wildman–Crippen MR) is 57.4 cm³/mol. The maximum Gasteiger partial charge on any atom is 0.0674 e. The first-order valence-electron chi connectivity index (χ1n) is 5.46. The fraction of sp³-hybridized carbons (Fsp3) is 1.00. The van der Waals surface area contributed by atoms with Crippen LogP contribution in [0.15, 0.2) is 0 Å². The van der Waals surface area contributed by atoms with Crippen LogP contribution < -0.4 is 0 Å². The van der Waals surface area contributed by atoms with Crippen molar-refractivity contribution in [1.82, 2.24) is 4.90 Å². The van der Waals surface area contributed by atoms with Crippen molar-refractivity contribution in [2.45, 2.75) is 51.9 Å². The van der Waals surface area contributed by atoms with Gasteiger partial charge in [0.05, 0.1) is 18.3 Å². The Morgan fingerprint density at radius 2 is 2.07 bits per heavy atom. The van der Waals surface area contributed by atoms with Crippen molar-refractivity contribution in [2.75, 3.05) is 19.7 Å². The van der Waals surface area contributed by atoms with Crippen molar-refractivity contribution < 1.29 is 9.84 Å². The lowest BCUT2D eigenvalue weighted by Gasteiger charge is -2.37. The Morgan fingerprint density at radius 1 is 1.43 bits per heavy atom. The van der Waals surface area contributed by atoms with Crippen molar-refractivity contribution in [3.63, 3.8) is 0 Å². The molecule has 14 heavy (non-hydrogen) atoms. The van der Waals surface area contributed by atoms with Crippen LogP contribution in [0.4, 0.5) is 0 Å². The van der Waals surface area contributed by atoms with Gasteiger partial charge in [-0.3, -0.25) is 4.90 Å². The van der Waals surface area contributed by atoms with Gasteiger partial charge in [-0.1, -0.05) is 0 Å². The zero-order chi connectivity index (χ0) is 10.8. The molecule has 2 unspecified atom stereocenters. The summed E-state index contributed by atoms with van der Waals surface area (Å²) in [6.45, 7) is 10.8. The fourth-order valence-corrected chi connectivity index (χ4v) is 1.70. The summed E-state index contributed by atoms with van der Waals surface area (Å²) in [5, 5.41) is 9.64. The normalized spacial score (nSPS) is 30.6. The van der Waals surface area contributed by atoms with Gasteiger partial charge in [0.2, 0.25) is 0 Å². The van der Waals surface area contributed by atoms with Gasteiger partial charge in [-0.15, -0.1) is 0 Å². The van der Waals surface area contributed by atoms with Crippen LogP contribution in [0.5, 0.6) is 0 Å². The molecule has 2 atom stereocenters. The molecule has 0 saturated carbocycles. The molecule has 3 nitrogen and oxygen atoms in total. The Hall–Kier alpha value is -0.120. The zero-order valence-electron chi connectivity index (χ0n) is 9.79. The minimum absolute atomic E-state index is 0.327. The lowest BCUT2D eigenvalue weighted by atomic mass is 10.0. The Morgan fingerprint density at radius 3 is 2.64 bits per heavy atom. The average Bonchev–Trinajstić information content (AvgIpc) is 2.05. The van der Waals surface area contributed by atoms with Crippen molar-refractivity contribution in [3.05, 3.63) is 0 Å². The zero-order valence-corrected chi connectivity index (χ0v) is 9.79. The largest absolute Gasteiger partial charge is 0.390 e. The highest BCUT2D eigenvalue weighted by Gasteiger charge is 2.24. The second kappa shape index (κ2) is 4.60. The van der Waals surface area contributed by atoms with Gasteiger partial charge in [-0.2, -0.15) is 0 Å². The molecule has 1 aliphatic rings. The molecule has 0 spiro atoms. The third-order valence-electron chi connectivity index (χ3n) is 2.75. The highest BCUT2D eigenvalue weighted by molar-refractivity contribution is 4.77. The number of hydrogen-bond donors (Lipinski definition) is 1. The summed E-state index contributed by atoms with van der Waals surface area (Å²) in [7, 11) is 0. The van der Waals surface area contributed by atoms with Crippen LogP contribution in [0, 0.1) is 0 Å². The molecule has 0 radical (unpaired) electrons. The summed E-state index contributed by atoms with van der Waals surface area (Å²) in [6.07, 6.45) is 1.15. The predicted octanol–water partition coefficient (Wildman–Crippen LogP) is 1.26. The second-order valence-corrected chi connectivity index (χ2v) is 5.05. The van der Waals surface area contributed by atoms with E-state index in [1.54, 1.807) is 0 Å². The quantitative estimate of drug-likeness (QED) is 0.746. The van der Waals surface area contributed by atoms with Gasteiger partial charge in [0.25, 0.3) is 0 Å². The molecule has 3 heteroatoms. The van der Waals surface area contributed by atoms with E-state index in [4.69, 9.17) is 4.74 Å². The average molecular weight is 201 g/mol. The van der Waals surface area contributed by atoms with E-state index in [1.807, 2.05) is 13.8 Å². The van der Waals surface area contributed by atoms with Crippen molar-refractivity contribution in [3.8, 4) is 0 Å². The smallest absolute Gasteiger partial charge is 0.0674 e. The monoisotopic (exact) mass is 201 g/mol. The summed E-state index contributed by atoms with van der Waals surface area (Å²) in [5.41, 5.74) is -0.554. The summed E-state index contributed by atoms with van der Waals surface area (Å²) in [6, 6.07) is 0.480. The van der Waals surface area contributed by atoms with Crippen LogP contribution in [-0.4, -0.2) is 47.4 Å². The molecule has 0 bridgehead atoms. The van der Waals surface area contributed by atoms with E-state index < -0.39 is 5.60 Å². The van der Waals surface area contributed by atoms with Gasteiger partial charge in [0, 0.05) is 19.1 Å². The van der Waals surface area contributed by atoms with Crippen molar-refractivity contribution >= 4 is 0 Å². The van der Waals surface area contributed by atoms with Gasteiger partial charge in [0.1, 0.15) is 0 Å². The lowest BCUT2D eigenvalue weighted by molar-refractivity contribution is -0.0569. The Labute approximate surface area is 87.1 Å². The Bertz CT molecular complexity index is 177. The minimum Gasteiger partial charge on any atom is -0.390 e. The Kier molecular flexibility index (Phi) is 3.93. The van der Waals surface area contributed by atoms with Gasteiger partial charge >= 0.3 is 0 Å². The van der Waals surface area contributed by atoms with Crippen LogP contribution in [-0.2, 0) is 4.74 Å². The first-order chi connectivity index (χ1) is 6.38. The molecule has 1 aliphatic heterocycles. The summed E-state index contributed by atoms with van der Waals surface area (Å²) in [5.74, 6) is 0. The molecule has 0 amide bonds. The molecule has 1 heterocycles. The van der Waals surface area contributed by atoms with Crippen LogP contribution in [0.2, 0.25) is 0 Å². The maximum absolute atomic E-state index is 9.64. The summed E-state index contributed by atoms with van der Waals surface area (Å²) in [4.78, 5) is 2.39. The highest BCUT2D eigenvalue weighted by atomic mass is 16.5. The number of nitrogens with zero attached hydrogens (tertiary/aromatic N) is 1. The second-order valence-electron chi connectivity index (χ2n) is 5.05.